The van der Waals surface area contributed by atoms with Crippen LogP contribution in [0.5, 0.6) is 5.75 Å². The Morgan fingerprint density at radius 1 is 1.04 bits per heavy atom. The molecule has 0 amide bonds. The van der Waals surface area contributed by atoms with Crippen LogP contribution in [0.15, 0.2) is 52.8 Å². The molecule has 10 nitrogen and oxygen atoms in total. The number of fused-ring (bicyclic) bond motifs is 1. The number of nitro groups is 2. The predicted molar refractivity (Wildman–Crippen MR) is 92.1 cm³/mol. The Bertz CT molecular complexity index is 1080. The van der Waals surface area contributed by atoms with Crippen LogP contribution in [0.2, 0.25) is 0 Å². The van der Waals surface area contributed by atoms with Gasteiger partial charge in [0.05, 0.1) is 27.2 Å². The van der Waals surface area contributed by atoms with Crippen LogP contribution in [0, 0.1) is 27.2 Å². The van der Waals surface area contributed by atoms with Crippen molar-refractivity contribution in [2.24, 2.45) is 10.2 Å². The summed E-state index contributed by atoms with van der Waals surface area (Å²) in [5.41, 5.74) is -0.00871. The summed E-state index contributed by atoms with van der Waals surface area (Å²) >= 11 is 0. The lowest BCUT2D eigenvalue weighted by Gasteiger charge is -2.04. The fourth-order valence-corrected chi connectivity index (χ4v) is 2.41. The first-order chi connectivity index (χ1) is 12.4. The van der Waals surface area contributed by atoms with Gasteiger partial charge in [0.25, 0.3) is 11.4 Å². The average Bonchev–Trinajstić information content (AvgIpc) is 2.62. The van der Waals surface area contributed by atoms with Crippen LogP contribution in [-0.2, 0) is 0 Å². The van der Waals surface area contributed by atoms with E-state index in [-0.39, 0.29) is 17.0 Å². The molecule has 0 aliphatic rings. The Balaban J connectivity index is 2.13. The Labute approximate surface area is 145 Å². The summed E-state index contributed by atoms with van der Waals surface area (Å²) in [7, 11) is 0. The molecule has 1 N–H and O–H groups in total. The maximum Gasteiger partial charge on any atom is 0.281 e. The smallest absolute Gasteiger partial charge is 0.281 e. The van der Waals surface area contributed by atoms with Crippen LogP contribution < -0.4 is 0 Å². The van der Waals surface area contributed by atoms with Gasteiger partial charge in [0.1, 0.15) is 17.0 Å². The van der Waals surface area contributed by atoms with E-state index in [1.54, 1.807) is 12.1 Å². The molecule has 0 saturated heterocycles. The number of aromatic nitrogens is 1. The highest BCUT2D eigenvalue weighted by Crippen LogP contribution is 2.36. The topological polar surface area (TPSA) is 144 Å². The monoisotopic (exact) mass is 353 g/mol. The number of non-ortho nitro benzene ring substituents is 1. The minimum absolute atomic E-state index is 0.0102. The molecule has 0 aliphatic carbocycles. The molecule has 1 heterocycles. The predicted octanol–water partition coefficient (Wildman–Crippen LogP) is 4.48. The number of phenols is 1. The molecule has 0 aliphatic heterocycles. The van der Waals surface area contributed by atoms with Crippen LogP contribution >= 0.6 is 0 Å². The van der Waals surface area contributed by atoms with Crippen LogP contribution in [0.1, 0.15) is 5.56 Å². The van der Waals surface area contributed by atoms with E-state index in [2.05, 4.69) is 15.2 Å². The minimum atomic E-state index is -0.731. The number of hydrogen-bond acceptors (Lipinski definition) is 8. The Kier molecular flexibility index (Phi) is 4.23. The Morgan fingerprint density at radius 3 is 2.46 bits per heavy atom. The molecule has 1 aromatic heterocycles. The summed E-state index contributed by atoms with van der Waals surface area (Å²) in [6.07, 6.45) is 1.51. The van der Waals surface area contributed by atoms with Crippen molar-refractivity contribution in [3.05, 3.63) is 68.4 Å². The second kappa shape index (κ2) is 6.51. The SMILES string of the molecule is Cc1c(N=Nc2ccc(O)c3ncccc23)cc([N+](=O)[O-])cc1[N+](=O)[O-]. The number of hydrogen-bond donors (Lipinski definition) is 1. The molecule has 0 atom stereocenters. The third kappa shape index (κ3) is 3.02. The van der Waals surface area contributed by atoms with E-state index in [0.717, 1.165) is 12.1 Å². The number of rotatable bonds is 4. The van der Waals surface area contributed by atoms with Crippen LogP contribution in [-0.4, -0.2) is 19.9 Å². The number of phenolic OH excluding ortho intramolecular Hbond substituents is 1. The molecule has 3 aromatic rings. The number of pyridine rings is 1. The number of nitrogens with zero attached hydrogens (tertiary/aromatic N) is 5. The summed E-state index contributed by atoms with van der Waals surface area (Å²) in [6, 6.07) is 8.24. The van der Waals surface area contributed by atoms with Crippen molar-refractivity contribution >= 4 is 33.7 Å². The van der Waals surface area contributed by atoms with Gasteiger partial charge in [-0.05, 0) is 31.2 Å². The van der Waals surface area contributed by atoms with Gasteiger partial charge in [-0.15, -0.1) is 10.2 Å². The molecule has 26 heavy (non-hydrogen) atoms. The van der Waals surface area contributed by atoms with Crippen molar-refractivity contribution < 1.29 is 15.0 Å². The highest BCUT2D eigenvalue weighted by molar-refractivity contribution is 5.93. The van der Waals surface area contributed by atoms with E-state index in [9.17, 15) is 25.3 Å². The molecule has 2 aromatic carbocycles. The van der Waals surface area contributed by atoms with E-state index >= 15 is 0 Å². The number of aromatic hydroxyl groups is 1. The molecule has 0 unspecified atom stereocenters. The molecule has 10 heteroatoms. The normalized spacial score (nSPS) is 11.1. The van der Waals surface area contributed by atoms with Gasteiger partial charge in [0, 0.05) is 17.6 Å². The zero-order valence-corrected chi connectivity index (χ0v) is 13.4. The van der Waals surface area contributed by atoms with E-state index < -0.39 is 21.2 Å². The molecule has 130 valence electrons. The largest absolute Gasteiger partial charge is 0.506 e. The van der Waals surface area contributed by atoms with Crippen LogP contribution in [0.4, 0.5) is 22.7 Å². The number of azo groups is 1. The van der Waals surface area contributed by atoms with Crippen molar-refractivity contribution in [1.29, 1.82) is 0 Å². The quantitative estimate of drug-likeness (QED) is 0.416. The first kappa shape index (κ1) is 16.9. The van der Waals surface area contributed by atoms with Crippen LogP contribution in [0.25, 0.3) is 10.9 Å². The van der Waals surface area contributed by atoms with E-state index in [4.69, 9.17) is 0 Å². The third-order valence-electron chi connectivity index (χ3n) is 3.74. The Hall–Kier alpha value is -3.95. The van der Waals surface area contributed by atoms with Gasteiger partial charge in [-0.1, -0.05) is 0 Å². The van der Waals surface area contributed by atoms with E-state index in [1.807, 2.05) is 0 Å². The molecule has 0 saturated carbocycles. The maximum absolute atomic E-state index is 11.1. The first-order valence-electron chi connectivity index (χ1n) is 7.30. The number of benzene rings is 2. The Morgan fingerprint density at radius 2 is 1.77 bits per heavy atom. The number of nitro benzene ring substituents is 2. The fraction of sp³-hybridized carbons (Fsp3) is 0.0625. The van der Waals surface area contributed by atoms with Gasteiger partial charge >= 0.3 is 0 Å². The lowest BCUT2D eigenvalue weighted by atomic mass is 10.1. The standard InChI is InChI=1S/C16H11N5O5/c1-9-13(7-10(20(23)24)8-14(9)21(25)26)19-18-12-4-5-15(22)16-11(12)3-2-6-17-16/h2-8,22H,1H3. The second-order valence-corrected chi connectivity index (χ2v) is 5.33. The highest BCUT2D eigenvalue weighted by atomic mass is 16.6. The fourth-order valence-electron chi connectivity index (χ4n) is 2.41. The molecule has 0 spiro atoms. The molecular formula is C16H11N5O5. The van der Waals surface area contributed by atoms with Crippen molar-refractivity contribution in [3.8, 4) is 5.75 Å². The molecular weight excluding hydrogens is 342 g/mol. The molecule has 3 rings (SSSR count). The van der Waals surface area contributed by atoms with Crippen LogP contribution in [0.3, 0.4) is 0 Å². The van der Waals surface area contributed by atoms with Crippen molar-refractivity contribution in [1.82, 2.24) is 4.98 Å². The summed E-state index contributed by atoms with van der Waals surface area (Å²) in [5, 5.41) is 40.5. The van der Waals surface area contributed by atoms with Crippen molar-refractivity contribution in [2.45, 2.75) is 6.92 Å². The highest BCUT2D eigenvalue weighted by Gasteiger charge is 2.21. The summed E-state index contributed by atoms with van der Waals surface area (Å²) in [5.74, 6) is -0.0262. The minimum Gasteiger partial charge on any atom is -0.506 e. The van der Waals surface area contributed by atoms with Gasteiger partial charge in [-0.2, -0.15) is 0 Å². The summed E-state index contributed by atoms with van der Waals surface area (Å²) in [6.45, 7) is 1.44. The van der Waals surface area contributed by atoms with E-state index in [0.29, 0.717) is 16.6 Å². The van der Waals surface area contributed by atoms with Gasteiger partial charge in [0.15, 0.2) is 0 Å². The lowest BCUT2D eigenvalue weighted by molar-refractivity contribution is -0.394. The summed E-state index contributed by atoms with van der Waals surface area (Å²) < 4.78 is 0. The zero-order valence-electron chi connectivity index (χ0n) is 13.4. The van der Waals surface area contributed by atoms with Gasteiger partial charge < -0.3 is 5.11 Å². The van der Waals surface area contributed by atoms with Gasteiger partial charge in [-0.25, -0.2) is 0 Å². The van der Waals surface area contributed by atoms with Gasteiger partial charge in [-0.3, -0.25) is 25.2 Å². The maximum atomic E-state index is 11.1. The molecule has 0 bridgehead atoms. The molecule has 0 fully saturated rings. The molecule has 0 radical (unpaired) electrons. The first-order valence-corrected chi connectivity index (χ1v) is 7.30. The second-order valence-electron chi connectivity index (χ2n) is 5.33. The van der Waals surface area contributed by atoms with Crippen molar-refractivity contribution in [2.75, 3.05) is 0 Å². The third-order valence-corrected chi connectivity index (χ3v) is 3.74. The lowest BCUT2D eigenvalue weighted by Crippen LogP contribution is -1.95. The van der Waals surface area contributed by atoms with E-state index in [1.165, 1.54) is 25.3 Å². The van der Waals surface area contributed by atoms with Gasteiger partial charge in [0.2, 0.25) is 0 Å². The zero-order chi connectivity index (χ0) is 18.8. The van der Waals surface area contributed by atoms with Crippen molar-refractivity contribution in [3.63, 3.8) is 0 Å². The average molecular weight is 353 g/mol. The summed E-state index contributed by atoms with van der Waals surface area (Å²) in [4.78, 5) is 24.7.